The zero-order valence-corrected chi connectivity index (χ0v) is 22.6. The number of rotatable bonds is 12. The summed E-state index contributed by atoms with van der Waals surface area (Å²) in [7, 11) is 0. The van der Waals surface area contributed by atoms with Crippen LogP contribution in [-0.4, -0.2) is 59.7 Å². The van der Waals surface area contributed by atoms with Gasteiger partial charge in [0.05, 0.1) is 17.8 Å². The van der Waals surface area contributed by atoms with Crippen molar-refractivity contribution in [2.45, 2.75) is 77.7 Å². The zero-order chi connectivity index (χ0) is 29.7. The van der Waals surface area contributed by atoms with Gasteiger partial charge in [-0.15, -0.1) is 10.2 Å². The van der Waals surface area contributed by atoms with Crippen molar-refractivity contribution >= 4 is 17.8 Å². The number of anilines is 1. The quantitative estimate of drug-likeness (QED) is 0.224. The van der Waals surface area contributed by atoms with Crippen molar-refractivity contribution in [3.63, 3.8) is 0 Å². The molecule has 14 heteroatoms. The summed E-state index contributed by atoms with van der Waals surface area (Å²) in [6.45, 7) is 7.29. The Morgan fingerprint density at radius 3 is 2.33 bits per heavy atom. The Balaban J connectivity index is 2.03. The molecule has 0 spiro atoms. The molecule has 0 bridgehead atoms. The van der Waals surface area contributed by atoms with Crippen molar-refractivity contribution in [3.05, 3.63) is 48.0 Å². The molecule has 0 saturated carbocycles. The lowest BCUT2D eigenvalue weighted by Gasteiger charge is -2.43. The van der Waals surface area contributed by atoms with Gasteiger partial charge in [-0.25, -0.2) is 4.79 Å². The minimum Gasteiger partial charge on any atom is -0.465 e. The van der Waals surface area contributed by atoms with E-state index in [4.69, 9.17) is 4.42 Å². The maximum Gasteiger partial charge on any atom is 0.416 e. The third-order valence-corrected chi connectivity index (χ3v) is 6.89. The predicted molar refractivity (Wildman–Crippen MR) is 138 cm³/mol. The van der Waals surface area contributed by atoms with Crippen LogP contribution in [0.5, 0.6) is 0 Å². The number of aliphatic hydroxyl groups excluding tert-OH is 1. The van der Waals surface area contributed by atoms with Gasteiger partial charge in [0.15, 0.2) is 6.10 Å². The van der Waals surface area contributed by atoms with Gasteiger partial charge in [0.1, 0.15) is 11.9 Å². The third kappa shape index (κ3) is 6.97. The minimum absolute atomic E-state index is 0.103. The molecule has 4 N–H and O–H groups in total. The number of hydrogen-bond acceptors (Lipinski definition) is 7. The molecule has 3 atom stereocenters. The molecule has 2 amide bonds. The number of aliphatic hydroxyl groups is 1. The van der Waals surface area contributed by atoms with Crippen LogP contribution in [0.3, 0.4) is 0 Å². The maximum absolute atomic E-state index is 13.0. The first-order valence-electron chi connectivity index (χ1n) is 12.8. The largest absolute Gasteiger partial charge is 0.465 e. The Hall–Kier alpha value is -3.94. The number of unbranched alkanes of at least 4 members (excludes halogenated alkanes) is 1. The standard InChI is InChI=1S/C26H33F3N6O5/c1-5-7-8-17(19(36)21(37)31-18-13-14-30-32-18)35(24(38)39)20(25(3,4)6-2)23-34-33-22(40-23)15-9-11-16(12-10-15)26(27,28)29/h9-14,17,19-20,36H,5-8H2,1-4H3,(H,38,39)(H2,30,31,32,37)/t17-,19+,20+/m0/s1. The molecular formula is C26H33F3N6O5. The number of amides is 2. The Morgan fingerprint density at radius 1 is 1.12 bits per heavy atom. The van der Waals surface area contributed by atoms with Gasteiger partial charge in [0.25, 0.3) is 5.91 Å². The maximum atomic E-state index is 13.0. The number of H-pyrrole nitrogens is 1. The molecule has 0 radical (unpaired) electrons. The van der Waals surface area contributed by atoms with Gasteiger partial charge >= 0.3 is 12.3 Å². The number of carbonyl (C=O) groups is 2. The van der Waals surface area contributed by atoms with Crippen LogP contribution in [0, 0.1) is 5.41 Å². The fourth-order valence-corrected chi connectivity index (χ4v) is 4.30. The Kier molecular flexibility index (Phi) is 9.56. The van der Waals surface area contributed by atoms with E-state index in [0.29, 0.717) is 19.3 Å². The van der Waals surface area contributed by atoms with Gasteiger partial charge in [-0.2, -0.15) is 18.3 Å². The molecular weight excluding hydrogens is 533 g/mol. The van der Waals surface area contributed by atoms with E-state index in [0.717, 1.165) is 17.0 Å². The van der Waals surface area contributed by atoms with Crippen molar-refractivity contribution in [2.24, 2.45) is 5.41 Å². The van der Waals surface area contributed by atoms with Crippen LogP contribution in [0.15, 0.2) is 40.9 Å². The normalized spacial score (nSPS) is 14.4. The first-order valence-corrected chi connectivity index (χ1v) is 12.8. The summed E-state index contributed by atoms with van der Waals surface area (Å²) >= 11 is 0. The molecule has 0 fully saturated rings. The lowest BCUT2D eigenvalue weighted by Crippen LogP contribution is -2.55. The first kappa shape index (κ1) is 30.6. The topological polar surface area (TPSA) is 157 Å². The molecule has 0 aliphatic carbocycles. The van der Waals surface area contributed by atoms with E-state index in [9.17, 15) is 33.0 Å². The molecule has 11 nitrogen and oxygen atoms in total. The Morgan fingerprint density at radius 2 is 1.80 bits per heavy atom. The first-order chi connectivity index (χ1) is 18.8. The molecule has 0 unspecified atom stereocenters. The fraction of sp³-hybridized carbons (Fsp3) is 0.500. The summed E-state index contributed by atoms with van der Waals surface area (Å²) in [6.07, 6.45) is -4.54. The van der Waals surface area contributed by atoms with Gasteiger partial charge in [0.2, 0.25) is 11.8 Å². The number of carbonyl (C=O) groups excluding carboxylic acids is 1. The van der Waals surface area contributed by atoms with E-state index in [1.165, 1.54) is 24.4 Å². The molecule has 0 saturated heterocycles. The molecule has 1 aromatic carbocycles. The number of hydrogen-bond donors (Lipinski definition) is 4. The number of nitrogens with zero attached hydrogens (tertiary/aromatic N) is 4. The lowest BCUT2D eigenvalue weighted by molar-refractivity contribution is -0.137. The van der Waals surface area contributed by atoms with E-state index >= 15 is 0 Å². The van der Waals surface area contributed by atoms with Crippen molar-refractivity contribution < 1.29 is 37.4 Å². The Labute approximate surface area is 228 Å². The second-order valence-electron chi connectivity index (χ2n) is 10.1. The molecule has 0 aliphatic rings. The van der Waals surface area contributed by atoms with E-state index in [2.05, 4.69) is 25.7 Å². The van der Waals surface area contributed by atoms with Gasteiger partial charge in [0, 0.05) is 11.6 Å². The van der Waals surface area contributed by atoms with E-state index in [-0.39, 0.29) is 29.6 Å². The van der Waals surface area contributed by atoms with Crippen LogP contribution in [0.4, 0.5) is 23.8 Å². The average Bonchev–Trinajstić information content (AvgIpc) is 3.60. The smallest absolute Gasteiger partial charge is 0.416 e. The van der Waals surface area contributed by atoms with Gasteiger partial charge in [-0.3, -0.25) is 14.8 Å². The summed E-state index contributed by atoms with van der Waals surface area (Å²) in [4.78, 5) is 26.7. The number of aromatic amines is 1. The SMILES string of the molecule is CCCC[C@@H]([C@@H](O)C(=O)Nc1ccn[nH]1)N(C(=O)O)[C@H](c1nnc(-c2ccc(C(F)(F)F)cc2)o1)C(C)(C)CC. The van der Waals surface area contributed by atoms with Gasteiger partial charge in [-0.05, 0) is 42.5 Å². The van der Waals surface area contributed by atoms with Crippen LogP contribution in [0.25, 0.3) is 11.5 Å². The minimum atomic E-state index is -4.52. The molecule has 0 aliphatic heterocycles. The molecule has 2 heterocycles. The fourth-order valence-electron chi connectivity index (χ4n) is 4.30. The van der Waals surface area contributed by atoms with Crippen molar-refractivity contribution in [3.8, 4) is 11.5 Å². The predicted octanol–water partition coefficient (Wildman–Crippen LogP) is 5.49. The second-order valence-corrected chi connectivity index (χ2v) is 10.1. The highest BCUT2D eigenvalue weighted by atomic mass is 19.4. The molecule has 218 valence electrons. The highest BCUT2D eigenvalue weighted by Gasteiger charge is 2.46. The van der Waals surface area contributed by atoms with E-state index < -0.39 is 47.3 Å². The van der Waals surface area contributed by atoms with Crippen LogP contribution in [0.1, 0.15) is 70.9 Å². The van der Waals surface area contributed by atoms with Crippen LogP contribution >= 0.6 is 0 Å². The van der Waals surface area contributed by atoms with Crippen molar-refractivity contribution in [2.75, 3.05) is 5.32 Å². The summed E-state index contributed by atoms with van der Waals surface area (Å²) in [5.41, 5.74) is -1.46. The third-order valence-electron chi connectivity index (χ3n) is 6.89. The van der Waals surface area contributed by atoms with Crippen molar-refractivity contribution in [1.29, 1.82) is 0 Å². The van der Waals surface area contributed by atoms with Crippen LogP contribution in [0.2, 0.25) is 0 Å². The van der Waals surface area contributed by atoms with Crippen LogP contribution < -0.4 is 5.32 Å². The van der Waals surface area contributed by atoms with Crippen LogP contribution in [-0.2, 0) is 11.0 Å². The number of carboxylic acid groups (broad SMARTS) is 1. The lowest BCUT2D eigenvalue weighted by atomic mass is 9.79. The summed E-state index contributed by atoms with van der Waals surface area (Å²) in [5.74, 6) is -0.829. The average molecular weight is 567 g/mol. The summed E-state index contributed by atoms with van der Waals surface area (Å²) < 4.78 is 44.8. The van der Waals surface area contributed by atoms with E-state index in [1.54, 1.807) is 13.8 Å². The van der Waals surface area contributed by atoms with Crippen molar-refractivity contribution in [1.82, 2.24) is 25.3 Å². The molecule has 3 rings (SSSR count). The highest BCUT2D eigenvalue weighted by Crippen LogP contribution is 2.43. The molecule has 3 aromatic rings. The van der Waals surface area contributed by atoms with Gasteiger partial charge < -0.3 is 19.9 Å². The second kappa shape index (κ2) is 12.5. The van der Waals surface area contributed by atoms with E-state index in [1.807, 2.05) is 13.8 Å². The monoisotopic (exact) mass is 566 g/mol. The number of benzene rings is 1. The number of halogens is 3. The number of aromatic nitrogens is 4. The number of nitrogens with one attached hydrogen (secondary N) is 2. The molecule has 40 heavy (non-hydrogen) atoms. The number of alkyl halides is 3. The highest BCUT2D eigenvalue weighted by molar-refractivity contribution is 5.94. The summed E-state index contributed by atoms with van der Waals surface area (Å²) in [6, 6.07) is 3.30. The Bertz CT molecular complexity index is 1260. The summed E-state index contributed by atoms with van der Waals surface area (Å²) in [5, 5.41) is 38.4. The zero-order valence-electron chi connectivity index (χ0n) is 22.6. The van der Waals surface area contributed by atoms with Gasteiger partial charge in [-0.1, -0.05) is 40.5 Å². The molecule has 2 aromatic heterocycles.